The largest absolute Gasteiger partial charge is 0.295 e. The molecule has 2 nitrogen and oxygen atoms in total. The van der Waals surface area contributed by atoms with Crippen LogP contribution in [0.5, 0.6) is 0 Å². The summed E-state index contributed by atoms with van der Waals surface area (Å²) in [7, 11) is 0. The molecule has 0 aliphatic carbocycles. The number of carbonyl (C=O) groups is 2. The number of benzene rings is 2. The van der Waals surface area contributed by atoms with Gasteiger partial charge in [0.05, 0.1) is 0 Å². The topological polar surface area (TPSA) is 34.1 Å². The molecule has 0 saturated carbocycles. The van der Waals surface area contributed by atoms with E-state index in [2.05, 4.69) is 6.92 Å². The Bertz CT molecular complexity index is 610. The lowest BCUT2D eigenvalue weighted by Crippen LogP contribution is -1.91. The summed E-state index contributed by atoms with van der Waals surface area (Å²) >= 11 is 0. The van der Waals surface area contributed by atoms with Crippen LogP contribution < -0.4 is 0 Å². The molecule has 2 aromatic carbocycles. The predicted octanol–water partition coefficient (Wildman–Crippen LogP) is 4.65. The van der Waals surface area contributed by atoms with Gasteiger partial charge in [0.2, 0.25) is 0 Å². The van der Waals surface area contributed by atoms with E-state index < -0.39 is 0 Å². The molecule has 0 heterocycles. The van der Waals surface area contributed by atoms with E-state index in [1.54, 1.807) is 13.8 Å². The van der Waals surface area contributed by atoms with Gasteiger partial charge in [-0.15, -0.1) is 0 Å². The van der Waals surface area contributed by atoms with Gasteiger partial charge in [0.25, 0.3) is 0 Å². The average molecular weight is 282 g/mol. The second-order valence-corrected chi connectivity index (χ2v) is 5.03. The van der Waals surface area contributed by atoms with E-state index in [-0.39, 0.29) is 11.6 Å². The van der Waals surface area contributed by atoms with Crippen molar-refractivity contribution in [3.8, 4) is 0 Å². The average Bonchev–Trinajstić information content (AvgIpc) is 2.48. The normalized spacial score (nSPS) is 9.52. The van der Waals surface area contributed by atoms with Crippen LogP contribution in [-0.2, 0) is 6.42 Å². The van der Waals surface area contributed by atoms with Gasteiger partial charge in [0.1, 0.15) is 0 Å². The Morgan fingerprint density at radius 1 is 0.857 bits per heavy atom. The van der Waals surface area contributed by atoms with Crippen LogP contribution in [0.25, 0.3) is 0 Å². The Morgan fingerprint density at radius 2 is 1.43 bits per heavy atom. The summed E-state index contributed by atoms with van der Waals surface area (Å²) in [6, 6.07) is 15.3. The standard InChI is InChI=1S/C10H12O.C9H10O/c1-3-9-4-6-10(7-5-9)8(2)11;1-7-4-3-5-9(6-7)8(2)10/h4-7H,3H2,1-2H3;3-6H,1-2H3. The first kappa shape index (κ1) is 16.8. The lowest BCUT2D eigenvalue weighted by atomic mass is 10.1. The Labute approximate surface area is 126 Å². The number of hydrogen-bond acceptors (Lipinski definition) is 2. The van der Waals surface area contributed by atoms with Crippen LogP contribution in [0, 0.1) is 6.92 Å². The summed E-state index contributed by atoms with van der Waals surface area (Å²) < 4.78 is 0. The molecule has 0 bridgehead atoms. The van der Waals surface area contributed by atoms with E-state index >= 15 is 0 Å². The lowest BCUT2D eigenvalue weighted by molar-refractivity contribution is 0.100. The third kappa shape index (κ3) is 5.74. The highest BCUT2D eigenvalue weighted by Gasteiger charge is 1.97. The number of carbonyl (C=O) groups excluding carboxylic acids is 2. The molecule has 0 saturated heterocycles. The number of ketones is 2. The molecule has 0 amide bonds. The molecule has 0 unspecified atom stereocenters. The number of rotatable bonds is 3. The van der Waals surface area contributed by atoms with Crippen LogP contribution in [0.2, 0.25) is 0 Å². The molecular formula is C19H22O2. The van der Waals surface area contributed by atoms with Gasteiger partial charge in [-0.25, -0.2) is 0 Å². The van der Waals surface area contributed by atoms with Gasteiger partial charge in [0, 0.05) is 11.1 Å². The minimum atomic E-state index is 0.128. The Kier molecular flexibility index (Phi) is 6.54. The molecular weight excluding hydrogens is 260 g/mol. The minimum absolute atomic E-state index is 0.128. The van der Waals surface area contributed by atoms with Gasteiger partial charge < -0.3 is 0 Å². The summed E-state index contributed by atoms with van der Waals surface area (Å²) in [4.78, 5) is 21.6. The second kappa shape index (κ2) is 8.15. The third-order valence-electron chi connectivity index (χ3n) is 3.19. The van der Waals surface area contributed by atoms with Crippen LogP contribution in [0.4, 0.5) is 0 Å². The monoisotopic (exact) mass is 282 g/mol. The molecule has 0 N–H and O–H groups in total. The highest BCUT2D eigenvalue weighted by Crippen LogP contribution is 2.05. The van der Waals surface area contributed by atoms with Gasteiger partial charge in [-0.1, -0.05) is 55.0 Å². The fourth-order valence-electron chi connectivity index (χ4n) is 1.84. The molecule has 0 aromatic heterocycles. The zero-order valence-electron chi connectivity index (χ0n) is 13.1. The first-order chi connectivity index (χ1) is 9.93. The van der Waals surface area contributed by atoms with Crippen LogP contribution in [0.1, 0.15) is 52.6 Å². The van der Waals surface area contributed by atoms with Crippen molar-refractivity contribution in [2.45, 2.75) is 34.1 Å². The van der Waals surface area contributed by atoms with E-state index in [0.717, 1.165) is 23.1 Å². The maximum atomic E-state index is 10.8. The molecule has 0 fully saturated rings. The second-order valence-electron chi connectivity index (χ2n) is 5.03. The maximum Gasteiger partial charge on any atom is 0.159 e. The SMILES string of the molecule is CC(=O)c1cccc(C)c1.CCc1ccc(C(C)=O)cc1. The summed E-state index contributed by atoms with van der Waals surface area (Å²) in [5.74, 6) is 0.261. The summed E-state index contributed by atoms with van der Waals surface area (Å²) in [5, 5.41) is 0. The Balaban J connectivity index is 0.000000211. The highest BCUT2D eigenvalue weighted by atomic mass is 16.1. The van der Waals surface area contributed by atoms with Gasteiger partial charge in [-0.2, -0.15) is 0 Å². The summed E-state index contributed by atoms with van der Waals surface area (Å²) in [5.41, 5.74) is 3.99. The highest BCUT2D eigenvalue weighted by molar-refractivity contribution is 5.94. The molecule has 2 aromatic rings. The van der Waals surface area contributed by atoms with Crippen LogP contribution in [-0.4, -0.2) is 11.6 Å². The zero-order chi connectivity index (χ0) is 15.8. The van der Waals surface area contributed by atoms with Crippen molar-refractivity contribution in [1.29, 1.82) is 0 Å². The molecule has 2 heteroatoms. The summed E-state index contributed by atoms with van der Waals surface area (Å²) in [6.07, 6.45) is 1.03. The van der Waals surface area contributed by atoms with Crippen molar-refractivity contribution in [2.24, 2.45) is 0 Å². The molecule has 110 valence electrons. The molecule has 21 heavy (non-hydrogen) atoms. The van der Waals surface area contributed by atoms with Crippen molar-refractivity contribution >= 4 is 11.6 Å². The van der Waals surface area contributed by atoms with Gasteiger partial charge in [-0.05, 0) is 38.8 Å². The number of hydrogen-bond donors (Lipinski definition) is 0. The third-order valence-corrected chi connectivity index (χ3v) is 3.19. The van der Waals surface area contributed by atoms with Gasteiger partial charge in [0.15, 0.2) is 11.6 Å². The lowest BCUT2D eigenvalue weighted by Gasteiger charge is -1.97. The molecule has 0 radical (unpaired) electrons. The molecule has 0 atom stereocenters. The summed E-state index contributed by atoms with van der Waals surface area (Å²) in [6.45, 7) is 7.24. The predicted molar refractivity (Wildman–Crippen MR) is 87.0 cm³/mol. The number of Topliss-reactive ketones (excluding diaryl/α,β-unsaturated/α-hetero) is 2. The van der Waals surface area contributed by atoms with Crippen LogP contribution in [0.3, 0.4) is 0 Å². The van der Waals surface area contributed by atoms with Gasteiger partial charge >= 0.3 is 0 Å². The van der Waals surface area contributed by atoms with Crippen molar-refractivity contribution in [2.75, 3.05) is 0 Å². The molecule has 0 aliphatic rings. The fourth-order valence-corrected chi connectivity index (χ4v) is 1.84. The van der Waals surface area contributed by atoms with E-state index in [1.165, 1.54) is 5.56 Å². The van der Waals surface area contributed by atoms with Crippen LogP contribution in [0.15, 0.2) is 48.5 Å². The first-order valence-corrected chi connectivity index (χ1v) is 7.11. The minimum Gasteiger partial charge on any atom is -0.295 e. The van der Waals surface area contributed by atoms with E-state index in [0.29, 0.717) is 0 Å². The fraction of sp³-hybridized carbons (Fsp3) is 0.263. The van der Waals surface area contributed by atoms with Crippen molar-refractivity contribution in [3.05, 3.63) is 70.8 Å². The zero-order valence-corrected chi connectivity index (χ0v) is 13.1. The van der Waals surface area contributed by atoms with Crippen molar-refractivity contribution in [3.63, 3.8) is 0 Å². The van der Waals surface area contributed by atoms with Crippen molar-refractivity contribution in [1.82, 2.24) is 0 Å². The van der Waals surface area contributed by atoms with Crippen LogP contribution >= 0.6 is 0 Å². The molecule has 2 rings (SSSR count). The maximum absolute atomic E-state index is 10.8. The van der Waals surface area contributed by atoms with E-state index in [9.17, 15) is 9.59 Å². The first-order valence-electron chi connectivity index (χ1n) is 7.11. The number of aryl methyl sites for hydroxylation is 2. The Morgan fingerprint density at radius 3 is 1.81 bits per heavy atom. The van der Waals surface area contributed by atoms with Crippen molar-refractivity contribution < 1.29 is 9.59 Å². The Hall–Kier alpha value is -2.22. The van der Waals surface area contributed by atoms with E-state index in [1.807, 2.05) is 55.5 Å². The smallest absolute Gasteiger partial charge is 0.159 e. The quantitative estimate of drug-likeness (QED) is 0.768. The molecule has 0 aliphatic heterocycles. The van der Waals surface area contributed by atoms with E-state index in [4.69, 9.17) is 0 Å². The van der Waals surface area contributed by atoms with Gasteiger partial charge in [-0.3, -0.25) is 9.59 Å². The molecule has 0 spiro atoms.